The summed E-state index contributed by atoms with van der Waals surface area (Å²) >= 11 is 6.01. The van der Waals surface area contributed by atoms with Gasteiger partial charge in [-0.25, -0.2) is 14.8 Å². The molecule has 2 amide bonds. The molecule has 1 aliphatic rings. The highest BCUT2D eigenvalue weighted by Gasteiger charge is 2.33. The molecule has 0 bridgehead atoms. The van der Waals surface area contributed by atoms with Gasteiger partial charge in [0, 0.05) is 5.02 Å². The zero-order valence-electron chi connectivity index (χ0n) is 13.5. The molecule has 2 unspecified atom stereocenters. The molecular formula is C17H16ClN5O2. The smallest absolute Gasteiger partial charge is 0.325 e. The number of carbonyl (C=O) groups is 1. The molecule has 2 N–H and O–H groups in total. The zero-order chi connectivity index (χ0) is 17.8. The Hall–Kier alpha value is -2.85. The molecule has 1 aromatic heterocycles. The number of carbonyl (C=O) groups excluding carboxylic acids is 1. The number of aromatic nitrogens is 2. The minimum atomic E-state index is -0.508. The highest BCUT2D eigenvalue weighted by molar-refractivity contribution is 6.31. The first kappa shape index (κ1) is 17.0. The molecule has 1 fully saturated rings. The number of ether oxygens (including phenoxy) is 1. The topological polar surface area (TPSA) is 99.9 Å². The number of anilines is 2. The predicted octanol–water partition coefficient (Wildman–Crippen LogP) is 3.68. The number of nitrogens with one attached hydrogen (secondary N) is 2. The van der Waals surface area contributed by atoms with Crippen molar-refractivity contribution < 1.29 is 9.53 Å². The van der Waals surface area contributed by atoms with E-state index in [1.54, 1.807) is 18.2 Å². The molecule has 0 aliphatic heterocycles. The third kappa shape index (κ3) is 4.58. The van der Waals surface area contributed by atoms with E-state index in [4.69, 9.17) is 21.6 Å². The van der Waals surface area contributed by atoms with Crippen LogP contribution in [0.15, 0.2) is 30.6 Å². The van der Waals surface area contributed by atoms with Gasteiger partial charge in [-0.2, -0.15) is 5.26 Å². The number of benzene rings is 1. The fourth-order valence-corrected chi connectivity index (χ4v) is 2.45. The lowest BCUT2D eigenvalue weighted by molar-refractivity contribution is 0.261. The first-order chi connectivity index (χ1) is 12.0. The van der Waals surface area contributed by atoms with Crippen molar-refractivity contribution in [3.8, 4) is 11.8 Å². The second kappa shape index (κ2) is 7.36. The number of urea groups is 1. The van der Waals surface area contributed by atoms with Crippen LogP contribution in [0.5, 0.6) is 5.75 Å². The Balaban J connectivity index is 1.64. The van der Waals surface area contributed by atoms with Crippen LogP contribution < -0.4 is 15.4 Å². The molecule has 1 saturated carbocycles. The number of nitriles is 1. The van der Waals surface area contributed by atoms with Gasteiger partial charge in [0.15, 0.2) is 11.5 Å². The van der Waals surface area contributed by atoms with Crippen LogP contribution in [0.2, 0.25) is 5.02 Å². The van der Waals surface area contributed by atoms with Gasteiger partial charge in [-0.05, 0) is 36.5 Å². The van der Waals surface area contributed by atoms with Gasteiger partial charge in [-0.15, -0.1) is 0 Å². The largest absolute Gasteiger partial charge is 0.491 e. The summed E-state index contributed by atoms with van der Waals surface area (Å²) < 4.78 is 5.80. The van der Waals surface area contributed by atoms with Gasteiger partial charge in [-0.3, -0.25) is 5.32 Å². The molecule has 2 atom stereocenters. The Morgan fingerprint density at radius 1 is 1.40 bits per heavy atom. The number of nitrogens with zero attached hydrogens (tertiary/aromatic N) is 3. The average Bonchev–Trinajstić information content (AvgIpc) is 3.30. The second-order valence-corrected chi connectivity index (χ2v) is 6.34. The van der Waals surface area contributed by atoms with E-state index >= 15 is 0 Å². The number of hydrogen-bond donors (Lipinski definition) is 2. The molecule has 1 aliphatic carbocycles. The number of rotatable bonds is 5. The molecular weight excluding hydrogens is 342 g/mol. The Labute approximate surface area is 150 Å². The van der Waals surface area contributed by atoms with Crippen molar-refractivity contribution in [2.24, 2.45) is 11.8 Å². The summed E-state index contributed by atoms with van der Waals surface area (Å²) in [4.78, 5) is 19.9. The van der Waals surface area contributed by atoms with Gasteiger partial charge < -0.3 is 10.1 Å². The first-order valence-electron chi connectivity index (χ1n) is 7.77. The fraction of sp³-hybridized carbons (Fsp3) is 0.294. The summed E-state index contributed by atoms with van der Waals surface area (Å²) in [6.07, 6.45) is 3.75. The molecule has 128 valence electrons. The molecule has 0 saturated heterocycles. The van der Waals surface area contributed by atoms with Crippen LogP contribution in [-0.4, -0.2) is 22.6 Å². The van der Waals surface area contributed by atoms with E-state index in [1.165, 1.54) is 12.4 Å². The van der Waals surface area contributed by atoms with Crippen LogP contribution in [0.4, 0.5) is 16.3 Å². The van der Waals surface area contributed by atoms with Crippen molar-refractivity contribution in [3.05, 3.63) is 41.3 Å². The quantitative estimate of drug-likeness (QED) is 0.850. The van der Waals surface area contributed by atoms with E-state index in [1.807, 2.05) is 6.07 Å². The van der Waals surface area contributed by atoms with Crippen molar-refractivity contribution in [3.63, 3.8) is 0 Å². The van der Waals surface area contributed by atoms with Crippen LogP contribution in [0.25, 0.3) is 0 Å². The van der Waals surface area contributed by atoms with Gasteiger partial charge in [0.05, 0.1) is 24.7 Å². The third-order valence-corrected chi connectivity index (χ3v) is 4.16. The van der Waals surface area contributed by atoms with E-state index in [9.17, 15) is 4.79 Å². The fourth-order valence-electron chi connectivity index (χ4n) is 2.27. The van der Waals surface area contributed by atoms with Crippen molar-refractivity contribution >= 4 is 29.1 Å². The van der Waals surface area contributed by atoms with E-state index in [0.29, 0.717) is 34.9 Å². The molecule has 2 aromatic rings. The Morgan fingerprint density at radius 2 is 2.20 bits per heavy atom. The Morgan fingerprint density at radius 3 is 2.84 bits per heavy atom. The molecule has 7 nitrogen and oxygen atoms in total. The minimum absolute atomic E-state index is 0.172. The third-order valence-electron chi connectivity index (χ3n) is 3.93. The van der Waals surface area contributed by atoms with Crippen LogP contribution in [-0.2, 0) is 0 Å². The number of hydrogen-bond acceptors (Lipinski definition) is 5. The molecule has 0 spiro atoms. The summed E-state index contributed by atoms with van der Waals surface area (Å²) in [7, 11) is 0. The maximum atomic E-state index is 12.1. The van der Waals surface area contributed by atoms with Crippen molar-refractivity contribution in [2.75, 3.05) is 17.2 Å². The van der Waals surface area contributed by atoms with Crippen molar-refractivity contribution in [1.82, 2.24) is 9.97 Å². The monoisotopic (exact) mass is 357 g/mol. The van der Waals surface area contributed by atoms with E-state index < -0.39 is 6.03 Å². The summed E-state index contributed by atoms with van der Waals surface area (Å²) in [6.45, 7) is 2.79. The predicted molar refractivity (Wildman–Crippen MR) is 93.6 cm³/mol. The van der Waals surface area contributed by atoms with E-state index in [-0.39, 0.29) is 11.5 Å². The zero-order valence-corrected chi connectivity index (χ0v) is 14.2. The van der Waals surface area contributed by atoms with Gasteiger partial charge in [0.2, 0.25) is 0 Å². The van der Waals surface area contributed by atoms with Gasteiger partial charge >= 0.3 is 6.03 Å². The van der Waals surface area contributed by atoms with Gasteiger partial charge in [0.25, 0.3) is 0 Å². The lowest BCUT2D eigenvalue weighted by Gasteiger charge is -2.13. The summed E-state index contributed by atoms with van der Waals surface area (Å²) in [5, 5.41) is 14.4. The lowest BCUT2D eigenvalue weighted by atomic mass is 10.3. The summed E-state index contributed by atoms with van der Waals surface area (Å²) in [5.41, 5.74) is 0.644. The maximum Gasteiger partial charge on any atom is 0.325 e. The van der Waals surface area contributed by atoms with Crippen LogP contribution in [0.1, 0.15) is 19.0 Å². The van der Waals surface area contributed by atoms with Crippen LogP contribution in [0, 0.1) is 23.2 Å². The molecule has 8 heteroatoms. The molecule has 1 aromatic carbocycles. The summed E-state index contributed by atoms with van der Waals surface area (Å²) in [6, 6.07) is 6.41. The Kier molecular flexibility index (Phi) is 5.00. The van der Waals surface area contributed by atoms with E-state index in [0.717, 1.165) is 6.42 Å². The van der Waals surface area contributed by atoms with Gasteiger partial charge in [-0.1, -0.05) is 18.5 Å². The molecule has 3 rings (SSSR count). The lowest BCUT2D eigenvalue weighted by Crippen LogP contribution is -2.21. The highest BCUT2D eigenvalue weighted by Crippen LogP contribution is 2.39. The Bertz CT molecular complexity index is 819. The molecule has 25 heavy (non-hydrogen) atoms. The van der Waals surface area contributed by atoms with Crippen LogP contribution in [0.3, 0.4) is 0 Å². The summed E-state index contributed by atoms with van der Waals surface area (Å²) in [5.74, 6) is 2.03. The highest BCUT2D eigenvalue weighted by atomic mass is 35.5. The van der Waals surface area contributed by atoms with E-state index in [2.05, 4.69) is 27.5 Å². The molecule has 0 radical (unpaired) electrons. The standard InChI is InChI=1S/C17H16ClN5O2/c1-10-4-11(10)9-25-15-3-2-12(18)5-14(15)22-17(24)23-16-8-20-13(6-19)7-21-16/h2-3,5,7-8,10-11H,4,9H2,1H3,(H2,21,22,23,24). The van der Waals surface area contributed by atoms with Crippen LogP contribution >= 0.6 is 11.6 Å². The second-order valence-electron chi connectivity index (χ2n) is 5.90. The molecule has 1 heterocycles. The number of amides is 2. The normalized spacial score (nSPS) is 18.1. The van der Waals surface area contributed by atoms with Gasteiger partial charge in [0.1, 0.15) is 11.8 Å². The minimum Gasteiger partial charge on any atom is -0.491 e. The number of halogens is 1. The maximum absolute atomic E-state index is 12.1. The van der Waals surface area contributed by atoms with Crippen molar-refractivity contribution in [1.29, 1.82) is 5.26 Å². The average molecular weight is 358 g/mol. The van der Waals surface area contributed by atoms with Crippen molar-refractivity contribution in [2.45, 2.75) is 13.3 Å². The SMILES string of the molecule is CC1CC1COc1ccc(Cl)cc1NC(=O)Nc1cnc(C#N)cn1. The first-order valence-corrected chi connectivity index (χ1v) is 8.15.